The number of amides is 1. The molecule has 1 aromatic carbocycles. The fourth-order valence-electron chi connectivity index (χ4n) is 1.36. The van der Waals surface area contributed by atoms with Gasteiger partial charge in [-0.1, -0.05) is 0 Å². The molecule has 0 aliphatic carbocycles. The van der Waals surface area contributed by atoms with E-state index in [9.17, 15) is 9.59 Å². The van der Waals surface area contributed by atoms with Crippen LogP contribution >= 0.6 is 0 Å². The van der Waals surface area contributed by atoms with Gasteiger partial charge in [0.05, 0.1) is 5.69 Å². The Balaban J connectivity index is 2.11. The molecule has 2 aromatic rings. The maximum absolute atomic E-state index is 11.7. The minimum atomic E-state index is -0.344. The highest BCUT2D eigenvalue weighted by molar-refractivity contribution is 6.03. The molecular weight excluding hydrogens is 220 g/mol. The number of rotatable bonds is 3. The van der Waals surface area contributed by atoms with Crippen LogP contribution in [0.1, 0.15) is 21.0 Å². The first-order chi connectivity index (χ1) is 8.19. The molecule has 86 valence electrons. The molecule has 0 radical (unpaired) electrons. The van der Waals surface area contributed by atoms with E-state index in [1.807, 2.05) is 0 Å². The third-order valence-electron chi connectivity index (χ3n) is 2.21. The predicted octanol–water partition coefficient (Wildman–Crippen LogP) is 1.79. The molecule has 0 aliphatic heterocycles. The zero-order chi connectivity index (χ0) is 12.3. The van der Waals surface area contributed by atoms with Crippen LogP contribution in [0.3, 0.4) is 0 Å². The van der Waals surface area contributed by atoms with E-state index in [1.54, 1.807) is 12.1 Å². The average Bonchev–Trinajstić information content (AvgIpc) is 2.81. The third-order valence-corrected chi connectivity index (χ3v) is 2.21. The number of H-pyrrole nitrogens is 1. The lowest BCUT2D eigenvalue weighted by molar-refractivity contribution is 0.102. The lowest BCUT2D eigenvalue weighted by atomic mass is 10.3. The minimum absolute atomic E-state index is 0.131. The van der Waals surface area contributed by atoms with Gasteiger partial charge in [-0.2, -0.15) is 0 Å². The molecule has 0 unspecified atom stereocenters. The Morgan fingerprint density at radius 1 is 1.18 bits per heavy atom. The number of aromatic hydroxyl groups is 1. The number of aldehydes is 1. The van der Waals surface area contributed by atoms with E-state index in [-0.39, 0.29) is 11.7 Å². The van der Waals surface area contributed by atoms with Crippen molar-refractivity contribution in [2.75, 3.05) is 5.32 Å². The van der Waals surface area contributed by atoms with E-state index in [0.717, 1.165) is 0 Å². The first-order valence-corrected chi connectivity index (χ1v) is 4.93. The number of carbonyl (C=O) groups is 2. The molecule has 0 spiro atoms. The number of carbonyl (C=O) groups excluding carboxylic acids is 2. The normalized spacial score (nSPS) is 9.88. The largest absolute Gasteiger partial charge is 0.508 e. The third kappa shape index (κ3) is 2.52. The van der Waals surface area contributed by atoms with E-state index in [1.165, 1.54) is 24.3 Å². The van der Waals surface area contributed by atoms with E-state index in [4.69, 9.17) is 5.11 Å². The van der Waals surface area contributed by atoms with Gasteiger partial charge in [0.15, 0.2) is 6.29 Å². The molecular formula is C12H10N2O3. The standard InChI is InChI=1S/C12H10N2O3/c15-7-9-3-6-11(13-9)12(17)14-8-1-4-10(16)5-2-8/h1-7,13,16H,(H,14,17). The van der Waals surface area contributed by atoms with Crippen molar-refractivity contribution in [3.05, 3.63) is 47.8 Å². The van der Waals surface area contributed by atoms with Crippen LogP contribution in [0, 0.1) is 0 Å². The quantitative estimate of drug-likeness (QED) is 0.555. The summed E-state index contributed by atoms with van der Waals surface area (Å²) in [6, 6.07) is 9.16. The molecule has 17 heavy (non-hydrogen) atoms. The van der Waals surface area contributed by atoms with Gasteiger partial charge in [0.1, 0.15) is 11.4 Å². The molecule has 0 saturated heterocycles. The van der Waals surface area contributed by atoms with Crippen molar-refractivity contribution in [2.45, 2.75) is 0 Å². The zero-order valence-corrected chi connectivity index (χ0v) is 8.81. The highest BCUT2D eigenvalue weighted by atomic mass is 16.3. The maximum Gasteiger partial charge on any atom is 0.272 e. The second-order valence-corrected chi connectivity index (χ2v) is 3.45. The molecule has 1 amide bonds. The number of hydrogen-bond donors (Lipinski definition) is 3. The Labute approximate surface area is 97.1 Å². The van der Waals surface area contributed by atoms with Gasteiger partial charge in [-0.3, -0.25) is 9.59 Å². The summed E-state index contributed by atoms with van der Waals surface area (Å²) in [6.07, 6.45) is 0.636. The molecule has 0 fully saturated rings. The SMILES string of the molecule is O=Cc1ccc(C(=O)Nc2ccc(O)cc2)[nH]1. The average molecular weight is 230 g/mol. The van der Waals surface area contributed by atoms with Crippen molar-refractivity contribution in [1.82, 2.24) is 4.98 Å². The molecule has 5 nitrogen and oxygen atoms in total. The van der Waals surface area contributed by atoms with Crippen LogP contribution in [-0.4, -0.2) is 22.3 Å². The summed E-state index contributed by atoms with van der Waals surface area (Å²) < 4.78 is 0. The fraction of sp³-hybridized carbons (Fsp3) is 0. The number of nitrogens with one attached hydrogen (secondary N) is 2. The molecule has 0 saturated carbocycles. The Morgan fingerprint density at radius 3 is 2.47 bits per heavy atom. The number of hydrogen-bond acceptors (Lipinski definition) is 3. The molecule has 0 atom stereocenters. The Morgan fingerprint density at radius 2 is 1.88 bits per heavy atom. The smallest absolute Gasteiger partial charge is 0.272 e. The van der Waals surface area contributed by atoms with Crippen molar-refractivity contribution in [3.8, 4) is 5.75 Å². The molecule has 1 heterocycles. The van der Waals surface area contributed by atoms with Gasteiger partial charge in [-0.25, -0.2) is 0 Å². The number of benzene rings is 1. The van der Waals surface area contributed by atoms with Gasteiger partial charge < -0.3 is 15.4 Å². The first-order valence-electron chi connectivity index (χ1n) is 4.93. The summed E-state index contributed by atoms with van der Waals surface area (Å²) in [5.41, 5.74) is 1.22. The number of aromatic amines is 1. The number of phenolic OH excluding ortho intramolecular Hbond substituents is 1. The lowest BCUT2D eigenvalue weighted by Crippen LogP contribution is -2.12. The first kappa shape index (κ1) is 10.9. The van der Waals surface area contributed by atoms with E-state index in [2.05, 4.69) is 10.3 Å². The number of phenols is 1. The summed E-state index contributed by atoms with van der Waals surface area (Å²) in [6.45, 7) is 0. The fourth-order valence-corrected chi connectivity index (χ4v) is 1.36. The predicted molar refractivity (Wildman–Crippen MR) is 62.2 cm³/mol. The minimum Gasteiger partial charge on any atom is -0.508 e. The van der Waals surface area contributed by atoms with Gasteiger partial charge in [-0.05, 0) is 36.4 Å². The van der Waals surface area contributed by atoms with Gasteiger partial charge >= 0.3 is 0 Å². The number of aromatic nitrogens is 1. The van der Waals surface area contributed by atoms with Crippen molar-refractivity contribution in [3.63, 3.8) is 0 Å². The van der Waals surface area contributed by atoms with Crippen molar-refractivity contribution < 1.29 is 14.7 Å². The number of anilines is 1. The summed E-state index contributed by atoms with van der Waals surface area (Å²) in [5, 5.41) is 11.7. The van der Waals surface area contributed by atoms with Gasteiger partial charge in [0.25, 0.3) is 5.91 Å². The topological polar surface area (TPSA) is 82.2 Å². The van der Waals surface area contributed by atoms with Gasteiger partial charge in [-0.15, -0.1) is 0 Å². The molecule has 2 rings (SSSR count). The monoisotopic (exact) mass is 230 g/mol. The summed E-state index contributed by atoms with van der Waals surface area (Å²) in [4.78, 5) is 24.8. The van der Waals surface area contributed by atoms with Gasteiger partial charge in [0, 0.05) is 5.69 Å². The summed E-state index contributed by atoms with van der Waals surface area (Å²) in [7, 11) is 0. The van der Waals surface area contributed by atoms with Crippen LogP contribution in [0.4, 0.5) is 5.69 Å². The van der Waals surface area contributed by atoms with Crippen LogP contribution in [-0.2, 0) is 0 Å². The zero-order valence-electron chi connectivity index (χ0n) is 8.81. The highest BCUT2D eigenvalue weighted by Gasteiger charge is 2.08. The van der Waals surface area contributed by atoms with Crippen LogP contribution in [0.15, 0.2) is 36.4 Å². The van der Waals surface area contributed by atoms with Crippen LogP contribution < -0.4 is 5.32 Å². The molecule has 0 bridgehead atoms. The van der Waals surface area contributed by atoms with Gasteiger partial charge in [0.2, 0.25) is 0 Å². The van der Waals surface area contributed by atoms with Crippen LogP contribution in [0.25, 0.3) is 0 Å². The molecule has 0 aliphatic rings. The summed E-state index contributed by atoms with van der Waals surface area (Å²) >= 11 is 0. The van der Waals surface area contributed by atoms with Crippen LogP contribution in [0.5, 0.6) is 5.75 Å². The van der Waals surface area contributed by atoms with Crippen molar-refractivity contribution in [2.24, 2.45) is 0 Å². The second-order valence-electron chi connectivity index (χ2n) is 3.45. The van der Waals surface area contributed by atoms with E-state index in [0.29, 0.717) is 23.4 Å². The Bertz CT molecular complexity index is 543. The van der Waals surface area contributed by atoms with Crippen LogP contribution in [0.2, 0.25) is 0 Å². The Hall–Kier alpha value is -2.56. The Kier molecular flexibility index (Phi) is 2.91. The lowest BCUT2D eigenvalue weighted by Gasteiger charge is -2.03. The van der Waals surface area contributed by atoms with E-state index < -0.39 is 0 Å². The van der Waals surface area contributed by atoms with E-state index >= 15 is 0 Å². The molecule has 3 N–H and O–H groups in total. The van der Waals surface area contributed by atoms with Crippen molar-refractivity contribution in [1.29, 1.82) is 0 Å². The molecule has 5 heteroatoms. The highest BCUT2D eigenvalue weighted by Crippen LogP contribution is 2.14. The summed E-state index contributed by atoms with van der Waals surface area (Å²) in [5.74, 6) is -0.213. The molecule has 1 aromatic heterocycles. The maximum atomic E-state index is 11.7. The van der Waals surface area contributed by atoms with Crippen molar-refractivity contribution >= 4 is 17.9 Å². The second kappa shape index (κ2) is 4.52.